The second kappa shape index (κ2) is 7.48. The van der Waals surface area contributed by atoms with Crippen LogP contribution in [0, 0.1) is 0 Å². The zero-order valence-corrected chi connectivity index (χ0v) is 15.7. The van der Waals surface area contributed by atoms with Gasteiger partial charge in [0.25, 0.3) is 5.91 Å². The van der Waals surface area contributed by atoms with Gasteiger partial charge in [-0.15, -0.1) is 0 Å². The van der Waals surface area contributed by atoms with Crippen LogP contribution in [0.15, 0.2) is 72.9 Å². The number of amides is 1. The van der Waals surface area contributed by atoms with Gasteiger partial charge in [0.1, 0.15) is 11.5 Å². The zero-order chi connectivity index (χ0) is 19.5. The van der Waals surface area contributed by atoms with Gasteiger partial charge < -0.3 is 19.8 Å². The monoisotopic (exact) mass is 372 g/mol. The lowest BCUT2D eigenvalue weighted by molar-refractivity contribution is 0.102. The second-order valence-corrected chi connectivity index (χ2v) is 6.38. The number of hydrogen-bond donors (Lipinski definition) is 2. The average Bonchev–Trinajstić information content (AvgIpc) is 3.21. The maximum Gasteiger partial charge on any atom is 0.259 e. The van der Waals surface area contributed by atoms with Crippen LogP contribution in [-0.2, 0) is 0 Å². The third-order valence-corrected chi connectivity index (χ3v) is 4.66. The molecule has 0 aliphatic heterocycles. The van der Waals surface area contributed by atoms with Gasteiger partial charge in [0, 0.05) is 23.5 Å². The van der Waals surface area contributed by atoms with Crippen LogP contribution in [0.3, 0.4) is 0 Å². The molecule has 28 heavy (non-hydrogen) atoms. The maximum absolute atomic E-state index is 12.7. The van der Waals surface area contributed by atoms with E-state index in [1.165, 1.54) is 7.11 Å². The number of rotatable bonds is 5. The molecule has 0 aliphatic rings. The van der Waals surface area contributed by atoms with Crippen molar-refractivity contribution in [1.82, 2.24) is 4.98 Å². The Kier molecular flexibility index (Phi) is 4.72. The Morgan fingerprint density at radius 3 is 2.57 bits per heavy atom. The van der Waals surface area contributed by atoms with Crippen LogP contribution in [-0.4, -0.2) is 25.1 Å². The van der Waals surface area contributed by atoms with Crippen LogP contribution in [0.25, 0.3) is 22.0 Å². The molecule has 140 valence electrons. The minimum absolute atomic E-state index is 0.238. The summed E-state index contributed by atoms with van der Waals surface area (Å²) in [7, 11) is 3.11. The summed E-state index contributed by atoms with van der Waals surface area (Å²) in [5.74, 6) is 0.860. The first-order valence-corrected chi connectivity index (χ1v) is 8.89. The summed E-state index contributed by atoms with van der Waals surface area (Å²) in [5, 5.41) is 4.09. The van der Waals surface area contributed by atoms with Crippen LogP contribution in [0.1, 0.15) is 10.4 Å². The smallest absolute Gasteiger partial charge is 0.259 e. The lowest BCUT2D eigenvalue weighted by atomic mass is 10.0. The van der Waals surface area contributed by atoms with Crippen molar-refractivity contribution in [2.75, 3.05) is 19.5 Å². The molecule has 0 atom stereocenters. The van der Waals surface area contributed by atoms with Crippen molar-refractivity contribution in [1.29, 1.82) is 0 Å². The van der Waals surface area contributed by atoms with E-state index in [0.29, 0.717) is 17.1 Å². The van der Waals surface area contributed by atoms with E-state index in [1.807, 2.05) is 36.5 Å². The highest BCUT2D eigenvalue weighted by Crippen LogP contribution is 2.28. The Labute approximate surface area is 162 Å². The first-order chi connectivity index (χ1) is 13.7. The van der Waals surface area contributed by atoms with Crippen molar-refractivity contribution in [3.05, 3.63) is 78.5 Å². The predicted molar refractivity (Wildman–Crippen MR) is 111 cm³/mol. The molecule has 0 bridgehead atoms. The Bertz CT molecular complexity index is 1150. The Morgan fingerprint density at radius 2 is 1.75 bits per heavy atom. The average molecular weight is 372 g/mol. The summed E-state index contributed by atoms with van der Waals surface area (Å²) in [5.41, 5.74) is 4.38. The SMILES string of the molecule is COc1ccc(C(=O)Nc2cccc(-c3ccc4[nH]ccc4c3)c2)c(OC)c1. The molecule has 0 fully saturated rings. The molecule has 0 unspecified atom stereocenters. The summed E-state index contributed by atoms with van der Waals surface area (Å²) >= 11 is 0. The fourth-order valence-corrected chi connectivity index (χ4v) is 3.19. The summed E-state index contributed by atoms with van der Waals surface area (Å²) < 4.78 is 10.5. The number of anilines is 1. The number of ether oxygens (including phenoxy) is 2. The van der Waals surface area contributed by atoms with Gasteiger partial charge in [-0.1, -0.05) is 18.2 Å². The van der Waals surface area contributed by atoms with E-state index in [-0.39, 0.29) is 5.91 Å². The molecule has 1 heterocycles. The first kappa shape index (κ1) is 17.7. The van der Waals surface area contributed by atoms with Crippen LogP contribution < -0.4 is 14.8 Å². The molecular weight excluding hydrogens is 352 g/mol. The van der Waals surface area contributed by atoms with E-state index in [0.717, 1.165) is 27.7 Å². The van der Waals surface area contributed by atoms with E-state index in [2.05, 4.69) is 28.5 Å². The number of hydrogen-bond acceptors (Lipinski definition) is 3. The lowest BCUT2D eigenvalue weighted by Gasteiger charge is -2.12. The Morgan fingerprint density at radius 1 is 0.893 bits per heavy atom. The Hall–Kier alpha value is -3.73. The molecule has 4 rings (SSSR count). The van der Waals surface area contributed by atoms with Crippen molar-refractivity contribution in [2.45, 2.75) is 0 Å². The van der Waals surface area contributed by atoms with Gasteiger partial charge in [-0.05, 0) is 59.0 Å². The van der Waals surface area contributed by atoms with Crippen molar-refractivity contribution in [2.24, 2.45) is 0 Å². The molecule has 0 spiro atoms. The molecule has 0 aliphatic carbocycles. The standard InChI is InChI=1S/C23H20N2O3/c1-27-19-7-8-20(22(14-19)28-2)23(26)25-18-5-3-4-15(13-18)16-6-9-21-17(12-16)10-11-24-21/h3-14,24H,1-2H3,(H,25,26). The molecule has 0 saturated heterocycles. The van der Waals surface area contributed by atoms with E-state index in [1.54, 1.807) is 25.3 Å². The van der Waals surface area contributed by atoms with Crippen molar-refractivity contribution < 1.29 is 14.3 Å². The fourth-order valence-electron chi connectivity index (χ4n) is 3.19. The predicted octanol–water partition coefficient (Wildman–Crippen LogP) is 5.10. The molecule has 4 aromatic rings. The van der Waals surface area contributed by atoms with Gasteiger partial charge >= 0.3 is 0 Å². The van der Waals surface area contributed by atoms with E-state index in [9.17, 15) is 4.79 Å². The Balaban J connectivity index is 1.60. The van der Waals surface area contributed by atoms with Gasteiger partial charge in [-0.25, -0.2) is 0 Å². The zero-order valence-electron chi connectivity index (χ0n) is 15.7. The minimum atomic E-state index is -0.238. The molecule has 0 saturated carbocycles. The number of methoxy groups -OCH3 is 2. The maximum atomic E-state index is 12.7. The third kappa shape index (κ3) is 3.42. The van der Waals surface area contributed by atoms with Gasteiger partial charge in [0.05, 0.1) is 19.8 Å². The molecule has 3 aromatic carbocycles. The summed E-state index contributed by atoms with van der Waals surface area (Å²) in [6.45, 7) is 0. The van der Waals surface area contributed by atoms with E-state index < -0.39 is 0 Å². The summed E-state index contributed by atoms with van der Waals surface area (Å²) in [6, 6.07) is 21.2. The largest absolute Gasteiger partial charge is 0.497 e. The minimum Gasteiger partial charge on any atom is -0.497 e. The van der Waals surface area contributed by atoms with Gasteiger partial charge in [0.15, 0.2) is 0 Å². The highest BCUT2D eigenvalue weighted by Gasteiger charge is 2.14. The number of H-pyrrole nitrogens is 1. The second-order valence-electron chi connectivity index (χ2n) is 6.38. The number of carbonyl (C=O) groups is 1. The van der Waals surface area contributed by atoms with Crippen molar-refractivity contribution in [3.8, 4) is 22.6 Å². The highest BCUT2D eigenvalue weighted by atomic mass is 16.5. The van der Waals surface area contributed by atoms with Gasteiger partial charge in [-0.3, -0.25) is 4.79 Å². The van der Waals surface area contributed by atoms with Crippen LogP contribution in [0.5, 0.6) is 11.5 Å². The normalized spacial score (nSPS) is 10.6. The third-order valence-electron chi connectivity index (χ3n) is 4.66. The van der Waals surface area contributed by atoms with Crippen LogP contribution in [0.4, 0.5) is 5.69 Å². The van der Waals surface area contributed by atoms with Crippen LogP contribution in [0.2, 0.25) is 0 Å². The molecule has 1 aromatic heterocycles. The number of benzene rings is 3. The van der Waals surface area contributed by atoms with E-state index in [4.69, 9.17) is 9.47 Å². The van der Waals surface area contributed by atoms with Crippen LogP contribution >= 0.6 is 0 Å². The van der Waals surface area contributed by atoms with E-state index >= 15 is 0 Å². The van der Waals surface area contributed by atoms with Crippen molar-refractivity contribution >= 4 is 22.5 Å². The molecule has 0 radical (unpaired) electrons. The number of carbonyl (C=O) groups excluding carboxylic acids is 1. The van der Waals surface area contributed by atoms with Gasteiger partial charge in [0.2, 0.25) is 0 Å². The fraction of sp³-hybridized carbons (Fsp3) is 0.0870. The quantitative estimate of drug-likeness (QED) is 0.512. The molecule has 5 nitrogen and oxygen atoms in total. The number of aromatic amines is 1. The number of aromatic nitrogens is 1. The van der Waals surface area contributed by atoms with Crippen molar-refractivity contribution in [3.63, 3.8) is 0 Å². The molecular formula is C23H20N2O3. The number of nitrogens with one attached hydrogen (secondary N) is 2. The number of fused-ring (bicyclic) bond motifs is 1. The van der Waals surface area contributed by atoms with Gasteiger partial charge in [-0.2, -0.15) is 0 Å². The summed E-state index contributed by atoms with van der Waals surface area (Å²) in [4.78, 5) is 15.9. The topological polar surface area (TPSA) is 63.3 Å². The molecule has 1 amide bonds. The summed E-state index contributed by atoms with van der Waals surface area (Å²) in [6.07, 6.45) is 1.92. The highest BCUT2D eigenvalue weighted by molar-refractivity contribution is 6.06. The molecule has 5 heteroatoms. The lowest BCUT2D eigenvalue weighted by Crippen LogP contribution is -2.13. The first-order valence-electron chi connectivity index (χ1n) is 8.89. The molecule has 2 N–H and O–H groups in total.